The second kappa shape index (κ2) is 7.36. The van der Waals surface area contributed by atoms with Crippen LogP contribution < -0.4 is 5.32 Å². The summed E-state index contributed by atoms with van der Waals surface area (Å²) in [6, 6.07) is 4.09. The minimum Gasteiger partial charge on any atom is -0.310 e. The van der Waals surface area contributed by atoms with Crippen LogP contribution >= 0.6 is 0 Å². The van der Waals surface area contributed by atoms with E-state index in [9.17, 15) is 0 Å². The van der Waals surface area contributed by atoms with Crippen molar-refractivity contribution in [3.8, 4) is 0 Å². The van der Waals surface area contributed by atoms with Crippen molar-refractivity contribution in [3.63, 3.8) is 0 Å². The monoisotopic (exact) mass is 221 g/mol. The molecule has 0 fully saturated rings. The first-order valence-electron chi connectivity index (χ1n) is 6.11. The van der Waals surface area contributed by atoms with Gasteiger partial charge in [-0.25, -0.2) is 0 Å². The number of hydrogen-bond donors (Lipinski definition) is 1. The molecule has 0 aliphatic heterocycles. The summed E-state index contributed by atoms with van der Waals surface area (Å²) in [6.45, 7) is 11.8. The maximum atomic E-state index is 4.36. The molecule has 0 unspecified atom stereocenters. The third kappa shape index (κ3) is 4.29. The van der Waals surface area contributed by atoms with E-state index in [4.69, 9.17) is 0 Å². The minimum atomic E-state index is 0.869. The van der Waals surface area contributed by atoms with Gasteiger partial charge in [-0.3, -0.25) is 4.98 Å². The van der Waals surface area contributed by atoms with Crippen LogP contribution in [0.5, 0.6) is 0 Å². The maximum Gasteiger partial charge on any atom is 0.0570 e. The SMILES string of the molecule is CCN(CC)CCNCc1ncccc1C. The van der Waals surface area contributed by atoms with Crippen LogP contribution in [0.3, 0.4) is 0 Å². The topological polar surface area (TPSA) is 28.2 Å². The summed E-state index contributed by atoms with van der Waals surface area (Å²) in [4.78, 5) is 6.77. The molecule has 1 heterocycles. The Hall–Kier alpha value is -0.930. The Morgan fingerprint density at radius 1 is 1.31 bits per heavy atom. The molecule has 0 saturated heterocycles. The highest BCUT2D eigenvalue weighted by Gasteiger charge is 2.00. The molecule has 3 heteroatoms. The Labute approximate surface area is 98.9 Å². The summed E-state index contributed by atoms with van der Waals surface area (Å²) in [7, 11) is 0. The van der Waals surface area contributed by atoms with E-state index in [0.717, 1.165) is 38.4 Å². The van der Waals surface area contributed by atoms with Gasteiger partial charge in [0.1, 0.15) is 0 Å². The zero-order chi connectivity index (χ0) is 11.8. The number of aromatic nitrogens is 1. The largest absolute Gasteiger partial charge is 0.310 e. The van der Waals surface area contributed by atoms with Gasteiger partial charge < -0.3 is 10.2 Å². The summed E-state index contributed by atoms with van der Waals surface area (Å²) in [6.07, 6.45) is 1.86. The lowest BCUT2D eigenvalue weighted by molar-refractivity contribution is 0.302. The lowest BCUT2D eigenvalue weighted by atomic mass is 10.2. The lowest BCUT2D eigenvalue weighted by Gasteiger charge is -2.18. The first-order chi connectivity index (χ1) is 7.77. The normalized spacial score (nSPS) is 11.0. The first-order valence-corrected chi connectivity index (χ1v) is 6.11. The molecule has 0 amide bonds. The second-order valence-corrected chi connectivity index (χ2v) is 3.97. The van der Waals surface area contributed by atoms with Crippen molar-refractivity contribution < 1.29 is 0 Å². The molecule has 0 bridgehead atoms. The van der Waals surface area contributed by atoms with Gasteiger partial charge >= 0.3 is 0 Å². The lowest BCUT2D eigenvalue weighted by Crippen LogP contribution is -2.31. The number of nitrogens with one attached hydrogen (secondary N) is 1. The average Bonchev–Trinajstić information content (AvgIpc) is 2.31. The van der Waals surface area contributed by atoms with E-state index >= 15 is 0 Å². The smallest absolute Gasteiger partial charge is 0.0570 e. The Balaban J connectivity index is 2.23. The summed E-state index contributed by atoms with van der Waals surface area (Å²) >= 11 is 0. The first kappa shape index (κ1) is 13.1. The van der Waals surface area contributed by atoms with E-state index in [-0.39, 0.29) is 0 Å². The van der Waals surface area contributed by atoms with Crippen LogP contribution in [-0.4, -0.2) is 36.1 Å². The highest BCUT2D eigenvalue weighted by Crippen LogP contribution is 2.01. The molecule has 90 valence electrons. The van der Waals surface area contributed by atoms with Crippen molar-refractivity contribution in [3.05, 3.63) is 29.6 Å². The molecule has 1 N–H and O–H groups in total. The van der Waals surface area contributed by atoms with Crippen molar-refractivity contribution in [2.45, 2.75) is 27.3 Å². The fraction of sp³-hybridized carbons (Fsp3) is 0.615. The van der Waals surface area contributed by atoms with E-state index in [2.05, 4.69) is 42.0 Å². The minimum absolute atomic E-state index is 0.869. The fourth-order valence-electron chi connectivity index (χ4n) is 1.69. The van der Waals surface area contributed by atoms with E-state index in [1.54, 1.807) is 0 Å². The van der Waals surface area contributed by atoms with Gasteiger partial charge in [0.2, 0.25) is 0 Å². The number of hydrogen-bond acceptors (Lipinski definition) is 3. The predicted molar refractivity (Wildman–Crippen MR) is 68.5 cm³/mol. The molecule has 0 aromatic carbocycles. The van der Waals surface area contributed by atoms with Gasteiger partial charge in [-0.15, -0.1) is 0 Å². The van der Waals surface area contributed by atoms with Crippen molar-refractivity contribution in [1.82, 2.24) is 15.2 Å². The van der Waals surface area contributed by atoms with Gasteiger partial charge in [-0.05, 0) is 31.6 Å². The van der Waals surface area contributed by atoms with Gasteiger partial charge in [0.15, 0.2) is 0 Å². The number of nitrogens with zero attached hydrogens (tertiary/aromatic N) is 2. The number of rotatable bonds is 7. The molecule has 0 saturated carbocycles. The van der Waals surface area contributed by atoms with Crippen LogP contribution in [-0.2, 0) is 6.54 Å². The van der Waals surface area contributed by atoms with E-state index < -0.39 is 0 Å². The Kier molecular flexibility index (Phi) is 6.04. The molecule has 1 aromatic rings. The summed E-state index contributed by atoms with van der Waals surface area (Å²) in [5, 5.41) is 3.44. The van der Waals surface area contributed by atoms with Gasteiger partial charge in [0.05, 0.1) is 5.69 Å². The quantitative estimate of drug-likeness (QED) is 0.712. The van der Waals surface area contributed by atoms with E-state index in [0.29, 0.717) is 0 Å². The van der Waals surface area contributed by atoms with Gasteiger partial charge in [-0.2, -0.15) is 0 Å². The van der Waals surface area contributed by atoms with Crippen molar-refractivity contribution in [2.24, 2.45) is 0 Å². The molecular formula is C13H23N3. The van der Waals surface area contributed by atoms with Crippen molar-refractivity contribution >= 4 is 0 Å². The van der Waals surface area contributed by atoms with Crippen LogP contribution in [0.2, 0.25) is 0 Å². The molecule has 0 aliphatic rings. The van der Waals surface area contributed by atoms with E-state index in [1.165, 1.54) is 5.56 Å². The molecule has 0 aliphatic carbocycles. The molecule has 1 aromatic heterocycles. The molecule has 16 heavy (non-hydrogen) atoms. The molecule has 0 spiro atoms. The Morgan fingerprint density at radius 3 is 2.69 bits per heavy atom. The molecule has 1 rings (SSSR count). The maximum absolute atomic E-state index is 4.36. The zero-order valence-electron chi connectivity index (χ0n) is 10.7. The molecule has 0 atom stereocenters. The molecular weight excluding hydrogens is 198 g/mol. The standard InChI is InChI=1S/C13H23N3/c1-4-16(5-2)10-9-14-11-13-12(3)7-6-8-15-13/h6-8,14H,4-5,9-11H2,1-3H3. The second-order valence-electron chi connectivity index (χ2n) is 3.97. The summed E-state index contributed by atoms with van der Waals surface area (Å²) in [5.41, 5.74) is 2.42. The van der Waals surface area contributed by atoms with Gasteiger partial charge in [0.25, 0.3) is 0 Å². The fourth-order valence-corrected chi connectivity index (χ4v) is 1.69. The molecule has 0 radical (unpaired) electrons. The van der Waals surface area contributed by atoms with Crippen LogP contribution in [0.1, 0.15) is 25.1 Å². The van der Waals surface area contributed by atoms with Crippen LogP contribution in [0.15, 0.2) is 18.3 Å². The number of aryl methyl sites for hydroxylation is 1. The van der Waals surface area contributed by atoms with Crippen LogP contribution in [0, 0.1) is 6.92 Å². The highest BCUT2D eigenvalue weighted by molar-refractivity contribution is 5.17. The number of pyridine rings is 1. The zero-order valence-corrected chi connectivity index (χ0v) is 10.7. The van der Waals surface area contributed by atoms with Crippen LogP contribution in [0.25, 0.3) is 0 Å². The third-order valence-corrected chi connectivity index (χ3v) is 2.91. The van der Waals surface area contributed by atoms with Crippen molar-refractivity contribution in [1.29, 1.82) is 0 Å². The van der Waals surface area contributed by atoms with Crippen LogP contribution in [0.4, 0.5) is 0 Å². The third-order valence-electron chi connectivity index (χ3n) is 2.91. The Morgan fingerprint density at radius 2 is 2.06 bits per heavy atom. The highest BCUT2D eigenvalue weighted by atomic mass is 15.1. The average molecular weight is 221 g/mol. The summed E-state index contributed by atoms with van der Waals surface area (Å²) < 4.78 is 0. The number of likely N-dealkylation sites (N-methyl/N-ethyl adjacent to an activating group) is 1. The van der Waals surface area contributed by atoms with Gasteiger partial charge in [-0.1, -0.05) is 19.9 Å². The van der Waals surface area contributed by atoms with Crippen molar-refractivity contribution in [2.75, 3.05) is 26.2 Å². The Bertz CT molecular complexity index is 295. The summed E-state index contributed by atoms with van der Waals surface area (Å²) in [5.74, 6) is 0. The molecule has 3 nitrogen and oxygen atoms in total. The van der Waals surface area contributed by atoms with Gasteiger partial charge in [0, 0.05) is 25.8 Å². The van der Waals surface area contributed by atoms with E-state index in [1.807, 2.05) is 12.3 Å². The predicted octanol–water partition coefficient (Wildman–Crippen LogP) is 1.82.